The van der Waals surface area contributed by atoms with Crippen molar-refractivity contribution in [2.45, 2.75) is 97.2 Å². The first kappa shape index (κ1) is 17.7. The molecule has 2 aliphatic carbocycles. The van der Waals surface area contributed by atoms with Gasteiger partial charge in [0.1, 0.15) is 0 Å². The second-order valence-corrected chi connectivity index (χ2v) is 9.33. The number of nitrogens with zero attached hydrogens (tertiary/aromatic N) is 2. The largest absolute Gasteiger partial charge is 0.303 e. The van der Waals surface area contributed by atoms with E-state index in [1.807, 2.05) is 0 Å². The minimum absolute atomic E-state index is 0.741. The van der Waals surface area contributed by atoms with E-state index in [0.29, 0.717) is 0 Å². The fraction of sp³-hybridized carbons (Fsp3) is 1.00. The molecule has 23 heavy (non-hydrogen) atoms. The second kappa shape index (κ2) is 7.87. The molecule has 0 amide bonds. The predicted octanol–water partition coefficient (Wildman–Crippen LogP) is 4.79. The van der Waals surface area contributed by atoms with Gasteiger partial charge in [-0.3, -0.25) is 4.90 Å². The fourth-order valence-corrected chi connectivity index (χ4v) is 5.32. The number of hydrogen-bond donors (Lipinski definition) is 0. The third kappa shape index (κ3) is 4.72. The summed E-state index contributed by atoms with van der Waals surface area (Å²) in [5, 5.41) is 0. The maximum absolute atomic E-state index is 2.85. The number of rotatable bonds is 6. The minimum atomic E-state index is 0.741. The van der Waals surface area contributed by atoms with Gasteiger partial charge in [-0.1, -0.05) is 13.8 Å². The third-order valence-electron chi connectivity index (χ3n) is 6.89. The molecular weight excluding hydrogens is 280 g/mol. The van der Waals surface area contributed by atoms with Crippen LogP contribution in [0.3, 0.4) is 0 Å². The van der Waals surface area contributed by atoms with E-state index in [2.05, 4.69) is 37.5 Å². The van der Waals surface area contributed by atoms with Gasteiger partial charge in [0.05, 0.1) is 0 Å². The molecule has 2 nitrogen and oxygen atoms in total. The Bertz CT molecular complexity index is 343. The van der Waals surface area contributed by atoms with E-state index in [9.17, 15) is 0 Å². The Balaban J connectivity index is 1.39. The summed E-state index contributed by atoms with van der Waals surface area (Å²) in [6.07, 6.45) is 11.7. The molecule has 2 saturated carbocycles. The van der Waals surface area contributed by atoms with Crippen molar-refractivity contribution in [1.82, 2.24) is 9.80 Å². The first-order chi connectivity index (χ1) is 11.0. The van der Waals surface area contributed by atoms with Gasteiger partial charge in [0.25, 0.3) is 0 Å². The van der Waals surface area contributed by atoms with Gasteiger partial charge in [0, 0.05) is 24.7 Å². The minimum Gasteiger partial charge on any atom is -0.303 e. The van der Waals surface area contributed by atoms with Crippen LogP contribution in [0.25, 0.3) is 0 Å². The summed E-state index contributed by atoms with van der Waals surface area (Å²) in [4.78, 5) is 5.65. The Kier molecular flexibility index (Phi) is 6.07. The molecule has 0 spiro atoms. The Hall–Kier alpha value is -0.0800. The highest BCUT2D eigenvalue weighted by molar-refractivity contribution is 4.93. The van der Waals surface area contributed by atoms with Crippen molar-refractivity contribution in [2.24, 2.45) is 17.8 Å². The van der Waals surface area contributed by atoms with Gasteiger partial charge in [0.2, 0.25) is 0 Å². The van der Waals surface area contributed by atoms with Crippen LogP contribution in [0.2, 0.25) is 0 Å². The summed E-state index contributed by atoms with van der Waals surface area (Å²) in [5.74, 6) is 2.90. The summed E-state index contributed by atoms with van der Waals surface area (Å²) in [7, 11) is 0. The molecule has 1 aliphatic heterocycles. The van der Waals surface area contributed by atoms with Gasteiger partial charge in [0.15, 0.2) is 0 Å². The van der Waals surface area contributed by atoms with Gasteiger partial charge < -0.3 is 4.90 Å². The molecule has 0 N–H and O–H groups in total. The first-order valence-corrected chi connectivity index (χ1v) is 10.5. The highest BCUT2D eigenvalue weighted by Crippen LogP contribution is 2.35. The number of hydrogen-bond acceptors (Lipinski definition) is 2. The molecular formula is C21H40N2. The van der Waals surface area contributed by atoms with E-state index in [0.717, 1.165) is 35.9 Å². The Morgan fingerprint density at radius 3 is 1.83 bits per heavy atom. The summed E-state index contributed by atoms with van der Waals surface area (Å²) in [6, 6.07) is 2.54. The van der Waals surface area contributed by atoms with Crippen molar-refractivity contribution in [3.63, 3.8) is 0 Å². The number of piperidine rings is 1. The van der Waals surface area contributed by atoms with Crippen molar-refractivity contribution >= 4 is 0 Å². The number of likely N-dealkylation sites (tertiary alicyclic amines) is 1. The quantitative estimate of drug-likeness (QED) is 0.694. The van der Waals surface area contributed by atoms with Crippen molar-refractivity contribution < 1.29 is 0 Å². The van der Waals surface area contributed by atoms with Crippen LogP contribution in [0.15, 0.2) is 0 Å². The maximum atomic E-state index is 2.85. The van der Waals surface area contributed by atoms with Gasteiger partial charge in [-0.05, 0) is 96.1 Å². The standard InChI is InChI=1S/C21H40N2/c1-16(2)19-7-5-18(6-8-19)15-22-13-11-21(12-14-22)23(17(3)4)20-9-10-20/h16-21H,5-15H2,1-4H3. The first-order valence-electron chi connectivity index (χ1n) is 10.5. The van der Waals surface area contributed by atoms with Crippen LogP contribution in [0.5, 0.6) is 0 Å². The predicted molar refractivity (Wildman–Crippen MR) is 99.7 cm³/mol. The van der Waals surface area contributed by atoms with Crippen LogP contribution in [0, 0.1) is 17.8 Å². The average Bonchev–Trinajstić information content (AvgIpc) is 3.34. The van der Waals surface area contributed by atoms with Crippen LogP contribution in [-0.4, -0.2) is 47.6 Å². The lowest BCUT2D eigenvalue weighted by atomic mass is 9.77. The zero-order valence-electron chi connectivity index (χ0n) is 16.1. The zero-order chi connectivity index (χ0) is 16.4. The van der Waals surface area contributed by atoms with Crippen molar-refractivity contribution in [3.05, 3.63) is 0 Å². The van der Waals surface area contributed by atoms with E-state index in [1.165, 1.54) is 71.0 Å². The molecule has 0 bridgehead atoms. The summed E-state index contributed by atoms with van der Waals surface area (Å²) in [5.41, 5.74) is 0. The molecule has 3 rings (SSSR count). The molecule has 0 aromatic carbocycles. The van der Waals surface area contributed by atoms with Crippen LogP contribution < -0.4 is 0 Å². The topological polar surface area (TPSA) is 6.48 Å². The van der Waals surface area contributed by atoms with Gasteiger partial charge in [-0.2, -0.15) is 0 Å². The Morgan fingerprint density at radius 2 is 1.35 bits per heavy atom. The summed E-state index contributed by atoms with van der Waals surface area (Å²) in [6.45, 7) is 13.7. The van der Waals surface area contributed by atoms with Crippen LogP contribution in [0.1, 0.15) is 79.1 Å². The van der Waals surface area contributed by atoms with E-state index in [1.54, 1.807) is 0 Å². The van der Waals surface area contributed by atoms with Gasteiger partial charge in [-0.15, -0.1) is 0 Å². The SMILES string of the molecule is CC(C)C1CCC(CN2CCC(N(C(C)C)C3CC3)CC2)CC1. The van der Waals surface area contributed by atoms with Crippen LogP contribution in [0.4, 0.5) is 0 Å². The summed E-state index contributed by atoms with van der Waals surface area (Å²) < 4.78 is 0. The molecule has 0 unspecified atom stereocenters. The summed E-state index contributed by atoms with van der Waals surface area (Å²) >= 11 is 0. The lowest BCUT2D eigenvalue weighted by Gasteiger charge is -2.42. The highest BCUT2D eigenvalue weighted by atomic mass is 15.3. The molecule has 1 heterocycles. The molecule has 0 aromatic rings. The van der Waals surface area contributed by atoms with E-state index < -0.39 is 0 Å². The second-order valence-electron chi connectivity index (χ2n) is 9.33. The molecule has 1 saturated heterocycles. The van der Waals surface area contributed by atoms with Crippen molar-refractivity contribution in [3.8, 4) is 0 Å². The van der Waals surface area contributed by atoms with E-state index in [-0.39, 0.29) is 0 Å². The zero-order valence-corrected chi connectivity index (χ0v) is 16.1. The lowest BCUT2D eigenvalue weighted by molar-refractivity contribution is 0.0658. The Morgan fingerprint density at radius 1 is 0.783 bits per heavy atom. The van der Waals surface area contributed by atoms with Crippen molar-refractivity contribution in [1.29, 1.82) is 0 Å². The lowest BCUT2D eigenvalue weighted by Crippen LogP contribution is -2.49. The van der Waals surface area contributed by atoms with E-state index in [4.69, 9.17) is 0 Å². The maximum Gasteiger partial charge on any atom is 0.0125 e. The molecule has 3 fully saturated rings. The normalized spacial score (nSPS) is 31.4. The van der Waals surface area contributed by atoms with Crippen LogP contribution >= 0.6 is 0 Å². The highest BCUT2D eigenvalue weighted by Gasteiger charge is 2.37. The monoisotopic (exact) mass is 320 g/mol. The van der Waals surface area contributed by atoms with Crippen LogP contribution in [-0.2, 0) is 0 Å². The third-order valence-corrected chi connectivity index (χ3v) is 6.89. The molecule has 0 atom stereocenters. The van der Waals surface area contributed by atoms with Crippen molar-refractivity contribution in [2.75, 3.05) is 19.6 Å². The smallest absolute Gasteiger partial charge is 0.0125 e. The average molecular weight is 321 g/mol. The van der Waals surface area contributed by atoms with Gasteiger partial charge in [-0.25, -0.2) is 0 Å². The molecule has 0 radical (unpaired) electrons. The Labute approximate surface area is 145 Å². The van der Waals surface area contributed by atoms with Gasteiger partial charge >= 0.3 is 0 Å². The van der Waals surface area contributed by atoms with E-state index >= 15 is 0 Å². The molecule has 3 aliphatic rings. The molecule has 0 aromatic heterocycles. The fourth-order valence-electron chi connectivity index (χ4n) is 5.32. The molecule has 2 heteroatoms. The molecule has 134 valence electrons.